The van der Waals surface area contributed by atoms with E-state index in [2.05, 4.69) is 12.2 Å². The SMILES string of the molecule is CCCCN(C(=O)CCNC1CC1)C1CCS(=O)(=O)C1. The van der Waals surface area contributed by atoms with Crippen LogP contribution in [0.25, 0.3) is 0 Å². The number of nitrogens with one attached hydrogen (secondary N) is 1. The number of sulfone groups is 1. The van der Waals surface area contributed by atoms with E-state index in [0.29, 0.717) is 32.0 Å². The summed E-state index contributed by atoms with van der Waals surface area (Å²) in [6.45, 7) is 3.49. The van der Waals surface area contributed by atoms with Gasteiger partial charge in [-0.15, -0.1) is 0 Å². The number of carbonyl (C=O) groups excluding carboxylic acids is 1. The summed E-state index contributed by atoms with van der Waals surface area (Å²) in [6.07, 6.45) is 5.48. The molecule has 2 rings (SSSR count). The Bertz CT molecular complexity index is 432. The van der Waals surface area contributed by atoms with Gasteiger partial charge in [-0.05, 0) is 25.7 Å². The zero-order valence-corrected chi connectivity index (χ0v) is 13.1. The first-order valence-corrected chi connectivity index (χ1v) is 9.57. The van der Waals surface area contributed by atoms with Crippen molar-refractivity contribution >= 4 is 15.7 Å². The summed E-state index contributed by atoms with van der Waals surface area (Å²) in [4.78, 5) is 14.2. The highest BCUT2D eigenvalue weighted by Gasteiger charge is 2.34. The number of unbranched alkanes of at least 4 members (excludes halogenated alkanes) is 1. The van der Waals surface area contributed by atoms with Crippen LogP contribution in [0.4, 0.5) is 0 Å². The van der Waals surface area contributed by atoms with Gasteiger partial charge in [0.05, 0.1) is 11.5 Å². The first kappa shape index (κ1) is 15.8. The molecule has 0 aromatic heterocycles. The number of amides is 1. The standard InChI is InChI=1S/C14H26N2O3S/c1-2-3-9-16(13-7-10-20(18,19)11-13)14(17)6-8-15-12-4-5-12/h12-13,15H,2-11H2,1H3. The van der Waals surface area contributed by atoms with Gasteiger partial charge < -0.3 is 10.2 Å². The Morgan fingerprint density at radius 1 is 1.30 bits per heavy atom. The van der Waals surface area contributed by atoms with Crippen molar-refractivity contribution in [2.75, 3.05) is 24.6 Å². The molecule has 6 heteroatoms. The Balaban J connectivity index is 1.86. The van der Waals surface area contributed by atoms with Crippen LogP contribution in [-0.2, 0) is 14.6 Å². The summed E-state index contributed by atoms with van der Waals surface area (Å²) in [6, 6.07) is 0.513. The second-order valence-corrected chi connectivity index (χ2v) is 8.20. The van der Waals surface area contributed by atoms with Gasteiger partial charge in [-0.3, -0.25) is 4.79 Å². The van der Waals surface area contributed by atoms with E-state index in [9.17, 15) is 13.2 Å². The van der Waals surface area contributed by atoms with Gasteiger partial charge in [0.2, 0.25) is 5.91 Å². The van der Waals surface area contributed by atoms with Gasteiger partial charge >= 0.3 is 0 Å². The molecule has 1 N–H and O–H groups in total. The van der Waals surface area contributed by atoms with Crippen LogP contribution in [0.2, 0.25) is 0 Å². The fourth-order valence-electron chi connectivity index (χ4n) is 2.67. The van der Waals surface area contributed by atoms with Gasteiger partial charge in [0.15, 0.2) is 9.84 Å². The molecule has 2 aliphatic rings. The molecule has 2 fully saturated rings. The van der Waals surface area contributed by atoms with Crippen molar-refractivity contribution in [2.45, 2.75) is 57.5 Å². The highest BCUT2D eigenvalue weighted by atomic mass is 32.2. The van der Waals surface area contributed by atoms with E-state index < -0.39 is 9.84 Å². The van der Waals surface area contributed by atoms with Gasteiger partial charge in [-0.1, -0.05) is 13.3 Å². The number of carbonyl (C=O) groups is 1. The highest BCUT2D eigenvalue weighted by Crippen LogP contribution is 2.20. The lowest BCUT2D eigenvalue weighted by molar-refractivity contribution is -0.133. The van der Waals surface area contributed by atoms with Crippen LogP contribution in [0.5, 0.6) is 0 Å². The predicted molar refractivity (Wildman–Crippen MR) is 79.3 cm³/mol. The molecule has 1 heterocycles. The fourth-order valence-corrected chi connectivity index (χ4v) is 4.41. The van der Waals surface area contributed by atoms with Gasteiger partial charge in [0.25, 0.3) is 0 Å². The van der Waals surface area contributed by atoms with Gasteiger partial charge in [-0.25, -0.2) is 8.42 Å². The van der Waals surface area contributed by atoms with E-state index in [-0.39, 0.29) is 23.5 Å². The first-order chi connectivity index (χ1) is 9.52. The predicted octanol–water partition coefficient (Wildman–Crippen LogP) is 0.944. The van der Waals surface area contributed by atoms with Gasteiger partial charge in [0, 0.05) is 31.6 Å². The van der Waals surface area contributed by atoms with Crippen molar-refractivity contribution < 1.29 is 13.2 Å². The zero-order chi connectivity index (χ0) is 14.6. The Kier molecular flexibility index (Phi) is 5.43. The van der Waals surface area contributed by atoms with E-state index in [1.54, 1.807) is 0 Å². The topological polar surface area (TPSA) is 66.5 Å². The van der Waals surface area contributed by atoms with Crippen LogP contribution >= 0.6 is 0 Å². The monoisotopic (exact) mass is 302 g/mol. The summed E-state index contributed by atoms with van der Waals surface area (Å²) >= 11 is 0. The summed E-state index contributed by atoms with van der Waals surface area (Å²) in [7, 11) is -2.93. The minimum atomic E-state index is -2.93. The Hall–Kier alpha value is -0.620. The molecule has 20 heavy (non-hydrogen) atoms. The highest BCUT2D eigenvalue weighted by molar-refractivity contribution is 7.91. The van der Waals surface area contributed by atoms with Crippen molar-refractivity contribution in [3.05, 3.63) is 0 Å². The van der Waals surface area contributed by atoms with Crippen LogP contribution in [0.1, 0.15) is 45.4 Å². The summed E-state index contributed by atoms with van der Waals surface area (Å²) in [5, 5.41) is 3.34. The normalized spacial score (nSPS) is 24.8. The first-order valence-electron chi connectivity index (χ1n) is 7.75. The van der Waals surface area contributed by atoms with Crippen molar-refractivity contribution in [2.24, 2.45) is 0 Å². The van der Waals surface area contributed by atoms with Crippen molar-refractivity contribution in [1.29, 1.82) is 0 Å². The summed E-state index contributed by atoms with van der Waals surface area (Å²) in [5.74, 6) is 0.487. The lowest BCUT2D eigenvalue weighted by Crippen LogP contribution is -2.42. The molecular formula is C14H26N2O3S. The molecule has 0 bridgehead atoms. The molecule has 1 atom stereocenters. The molecule has 1 unspecified atom stereocenters. The van der Waals surface area contributed by atoms with Gasteiger partial charge in [0.1, 0.15) is 0 Å². The Morgan fingerprint density at radius 3 is 2.60 bits per heavy atom. The third kappa shape index (κ3) is 4.74. The van der Waals surface area contributed by atoms with E-state index in [1.165, 1.54) is 12.8 Å². The molecule has 1 amide bonds. The number of hydrogen-bond donors (Lipinski definition) is 1. The maximum atomic E-state index is 12.3. The molecule has 1 aliphatic carbocycles. The lowest BCUT2D eigenvalue weighted by atomic mass is 10.2. The van der Waals surface area contributed by atoms with E-state index in [4.69, 9.17) is 0 Å². The second kappa shape index (κ2) is 6.89. The molecule has 0 aromatic carbocycles. The molecular weight excluding hydrogens is 276 g/mol. The maximum Gasteiger partial charge on any atom is 0.224 e. The van der Waals surface area contributed by atoms with Crippen LogP contribution in [-0.4, -0.2) is 55.9 Å². The van der Waals surface area contributed by atoms with Crippen LogP contribution in [0.15, 0.2) is 0 Å². The third-order valence-electron chi connectivity index (χ3n) is 4.07. The molecule has 1 saturated carbocycles. The molecule has 1 saturated heterocycles. The van der Waals surface area contributed by atoms with Crippen LogP contribution in [0, 0.1) is 0 Å². The molecule has 116 valence electrons. The average molecular weight is 302 g/mol. The molecule has 0 spiro atoms. The Morgan fingerprint density at radius 2 is 2.05 bits per heavy atom. The number of hydrogen-bond acceptors (Lipinski definition) is 4. The number of rotatable bonds is 8. The maximum absolute atomic E-state index is 12.3. The average Bonchev–Trinajstić information content (AvgIpc) is 3.13. The van der Waals surface area contributed by atoms with Crippen LogP contribution < -0.4 is 5.32 Å². The van der Waals surface area contributed by atoms with E-state index >= 15 is 0 Å². The minimum Gasteiger partial charge on any atom is -0.339 e. The largest absolute Gasteiger partial charge is 0.339 e. The zero-order valence-electron chi connectivity index (χ0n) is 12.3. The smallest absolute Gasteiger partial charge is 0.224 e. The summed E-state index contributed by atoms with van der Waals surface area (Å²) in [5.41, 5.74) is 0. The minimum absolute atomic E-state index is 0.0972. The van der Waals surface area contributed by atoms with E-state index in [0.717, 1.165) is 12.8 Å². The second-order valence-electron chi connectivity index (χ2n) is 5.98. The number of nitrogens with zero attached hydrogens (tertiary/aromatic N) is 1. The molecule has 1 aliphatic heterocycles. The Labute approximate surface area is 122 Å². The fraction of sp³-hybridized carbons (Fsp3) is 0.929. The van der Waals surface area contributed by atoms with Crippen LogP contribution in [0.3, 0.4) is 0 Å². The van der Waals surface area contributed by atoms with Crippen molar-refractivity contribution in [3.8, 4) is 0 Å². The quantitative estimate of drug-likeness (QED) is 0.725. The van der Waals surface area contributed by atoms with Crippen molar-refractivity contribution in [3.63, 3.8) is 0 Å². The lowest BCUT2D eigenvalue weighted by Gasteiger charge is -2.28. The molecule has 0 aromatic rings. The van der Waals surface area contributed by atoms with Gasteiger partial charge in [-0.2, -0.15) is 0 Å². The third-order valence-corrected chi connectivity index (χ3v) is 5.82. The molecule has 0 radical (unpaired) electrons. The van der Waals surface area contributed by atoms with E-state index in [1.807, 2.05) is 4.90 Å². The summed E-state index contributed by atoms with van der Waals surface area (Å²) < 4.78 is 23.2. The molecule has 5 nitrogen and oxygen atoms in total. The van der Waals surface area contributed by atoms with Crippen molar-refractivity contribution in [1.82, 2.24) is 10.2 Å².